The number of alkyl halides is 3. The van der Waals surface area contributed by atoms with Crippen molar-refractivity contribution >= 4 is 5.91 Å². The first-order valence-electron chi connectivity index (χ1n) is 9.41. The number of aryl methyl sites for hydroxylation is 1. The number of amides is 1. The number of pyridine rings is 1. The summed E-state index contributed by atoms with van der Waals surface area (Å²) in [6.45, 7) is 0.671. The zero-order valence-corrected chi connectivity index (χ0v) is 15.5. The predicted molar refractivity (Wildman–Crippen MR) is 94.0 cm³/mol. The van der Waals surface area contributed by atoms with E-state index in [1.165, 1.54) is 10.6 Å². The molecule has 0 spiro atoms. The molecule has 8 nitrogen and oxygen atoms in total. The van der Waals surface area contributed by atoms with Crippen molar-refractivity contribution in [3.8, 4) is 0 Å². The van der Waals surface area contributed by atoms with Crippen LogP contribution in [0.4, 0.5) is 13.2 Å². The average Bonchev–Trinajstić information content (AvgIpc) is 3.25. The van der Waals surface area contributed by atoms with Crippen LogP contribution in [0, 0.1) is 0 Å². The van der Waals surface area contributed by atoms with Gasteiger partial charge in [-0.25, -0.2) is 9.48 Å². The number of hydrogen-bond acceptors (Lipinski definition) is 5. The molecule has 1 amide bonds. The number of rotatable bonds is 3. The van der Waals surface area contributed by atoms with Gasteiger partial charge in [-0.15, -0.1) is 0 Å². The molecule has 2 aliphatic heterocycles. The van der Waals surface area contributed by atoms with Gasteiger partial charge in [-0.3, -0.25) is 14.3 Å². The van der Waals surface area contributed by atoms with Crippen molar-refractivity contribution in [3.05, 3.63) is 45.9 Å². The van der Waals surface area contributed by atoms with Gasteiger partial charge in [0.1, 0.15) is 17.6 Å². The lowest BCUT2D eigenvalue weighted by Gasteiger charge is -2.27. The van der Waals surface area contributed by atoms with Gasteiger partial charge >= 0.3 is 11.9 Å². The number of likely N-dealkylation sites (tertiary alicyclic amines) is 1. The first-order chi connectivity index (χ1) is 13.7. The second-order valence-electron chi connectivity index (χ2n) is 7.41. The maximum Gasteiger partial charge on any atom is 0.433 e. The van der Waals surface area contributed by atoms with Crippen LogP contribution in [0.25, 0.3) is 0 Å². The van der Waals surface area contributed by atoms with Crippen molar-refractivity contribution in [2.45, 2.75) is 50.6 Å². The Bertz CT molecular complexity index is 967. The molecule has 0 aromatic carbocycles. The molecule has 0 saturated carbocycles. The SMILES string of the molecule is O=C([C@@H]1CCCc2nn(Cc3ccc(C(F)(F)F)nc3)c(=O)n21)N1CC[C@H](O)C1. The molecule has 2 atom stereocenters. The van der Waals surface area contributed by atoms with E-state index >= 15 is 0 Å². The summed E-state index contributed by atoms with van der Waals surface area (Å²) in [7, 11) is 0. The van der Waals surface area contributed by atoms with E-state index < -0.39 is 29.7 Å². The van der Waals surface area contributed by atoms with Gasteiger partial charge in [-0.2, -0.15) is 18.3 Å². The average molecular weight is 411 g/mol. The number of β-amino-alcohol motifs (C(OH)–C–C–N with tert-alkyl or cyclic N) is 1. The third kappa shape index (κ3) is 3.78. The highest BCUT2D eigenvalue weighted by molar-refractivity contribution is 5.81. The Balaban J connectivity index is 1.58. The van der Waals surface area contributed by atoms with E-state index in [0.717, 1.165) is 16.9 Å². The molecule has 0 bridgehead atoms. The molecule has 1 N–H and O–H groups in total. The first kappa shape index (κ1) is 19.6. The van der Waals surface area contributed by atoms with Crippen LogP contribution in [0.3, 0.4) is 0 Å². The van der Waals surface area contributed by atoms with E-state index in [1.54, 1.807) is 4.90 Å². The largest absolute Gasteiger partial charge is 0.433 e. The Labute approximate surface area is 163 Å². The minimum atomic E-state index is -4.53. The quantitative estimate of drug-likeness (QED) is 0.813. The van der Waals surface area contributed by atoms with Gasteiger partial charge in [0, 0.05) is 25.7 Å². The van der Waals surface area contributed by atoms with Crippen LogP contribution >= 0.6 is 0 Å². The number of halogens is 3. The highest BCUT2D eigenvalue weighted by Gasteiger charge is 2.36. The zero-order chi connectivity index (χ0) is 20.8. The van der Waals surface area contributed by atoms with E-state index in [-0.39, 0.29) is 19.0 Å². The second-order valence-corrected chi connectivity index (χ2v) is 7.41. The molecule has 1 fully saturated rings. The van der Waals surface area contributed by atoms with Gasteiger partial charge in [-0.1, -0.05) is 6.07 Å². The van der Waals surface area contributed by atoms with E-state index in [2.05, 4.69) is 10.1 Å². The van der Waals surface area contributed by atoms with Crippen molar-refractivity contribution in [2.24, 2.45) is 0 Å². The lowest BCUT2D eigenvalue weighted by molar-refractivity contribution is -0.141. The lowest BCUT2D eigenvalue weighted by atomic mass is 10.0. The summed E-state index contributed by atoms with van der Waals surface area (Å²) in [5.74, 6) is 0.277. The topological polar surface area (TPSA) is 93.2 Å². The molecule has 4 heterocycles. The van der Waals surface area contributed by atoms with Crippen molar-refractivity contribution in [1.82, 2.24) is 24.2 Å². The van der Waals surface area contributed by atoms with Crippen molar-refractivity contribution in [1.29, 1.82) is 0 Å². The van der Waals surface area contributed by atoms with Gasteiger partial charge in [0.2, 0.25) is 5.91 Å². The molecule has 0 radical (unpaired) electrons. The first-order valence-corrected chi connectivity index (χ1v) is 9.41. The van der Waals surface area contributed by atoms with E-state index in [1.807, 2.05) is 0 Å². The number of aromatic nitrogens is 4. The van der Waals surface area contributed by atoms with Gasteiger partial charge in [0.05, 0.1) is 12.6 Å². The summed E-state index contributed by atoms with van der Waals surface area (Å²) < 4.78 is 40.5. The summed E-state index contributed by atoms with van der Waals surface area (Å²) >= 11 is 0. The van der Waals surface area contributed by atoms with Crippen molar-refractivity contribution in [2.75, 3.05) is 13.1 Å². The highest BCUT2D eigenvalue weighted by Crippen LogP contribution is 2.28. The molecule has 2 aliphatic rings. The minimum Gasteiger partial charge on any atom is -0.391 e. The van der Waals surface area contributed by atoms with E-state index in [9.17, 15) is 27.9 Å². The number of carbonyl (C=O) groups excluding carboxylic acids is 1. The van der Waals surface area contributed by atoms with Crippen LogP contribution in [0.15, 0.2) is 23.1 Å². The number of carbonyl (C=O) groups is 1. The fourth-order valence-electron chi connectivity index (χ4n) is 3.88. The van der Waals surface area contributed by atoms with Crippen LogP contribution in [-0.4, -0.2) is 54.4 Å². The molecular weight excluding hydrogens is 391 g/mol. The molecule has 0 aliphatic carbocycles. The molecule has 156 valence electrons. The molecule has 11 heteroatoms. The smallest absolute Gasteiger partial charge is 0.391 e. The summed E-state index contributed by atoms with van der Waals surface area (Å²) in [5.41, 5.74) is -1.07. The van der Waals surface area contributed by atoms with Crippen LogP contribution in [0.5, 0.6) is 0 Å². The van der Waals surface area contributed by atoms with E-state index in [4.69, 9.17) is 0 Å². The number of aliphatic hydroxyl groups excluding tert-OH is 1. The predicted octanol–water partition coefficient (Wildman–Crippen LogP) is 0.978. The molecule has 29 heavy (non-hydrogen) atoms. The molecule has 2 aromatic heterocycles. The molecular formula is C18H20F3N5O3. The van der Waals surface area contributed by atoms with Gasteiger partial charge < -0.3 is 10.0 Å². The van der Waals surface area contributed by atoms with Crippen molar-refractivity contribution < 1.29 is 23.1 Å². The Morgan fingerprint density at radius 1 is 1.28 bits per heavy atom. The Kier molecular flexibility index (Phi) is 4.93. The summed E-state index contributed by atoms with van der Waals surface area (Å²) in [5, 5.41) is 14.0. The van der Waals surface area contributed by atoms with Gasteiger partial charge in [0.15, 0.2) is 0 Å². The monoisotopic (exact) mass is 411 g/mol. The van der Waals surface area contributed by atoms with Crippen LogP contribution < -0.4 is 5.69 Å². The fourth-order valence-corrected chi connectivity index (χ4v) is 3.88. The summed E-state index contributed by atoms with van der Waals surface area (Å²) in [6.07, 6.45) is -1.74. The van der Waals surface area contributed by atoms with Crippen LogP contribution in [0.2, 0.25) is 0 Å². The molecule has 0 unspecified atom stereocenters. The number of fused-ring (bicyclic) bond motifs is 1. The van der Waals surface area contributed by atoms with Crippen LogP contribution in [-0.2, 0) is 23.9 Å². The summed E-state index contributed by atoms with van der Waals surface area (Å²) in [4.78, 5) is 30.7. The molecule has 4 rings (SSSR count). The highest BCUT2D eigenvalue weighted by atomic mass is 19.4. The Morgan fingerprint density at radius 2 is 2.07 bits per heavy atom. The number of nitrogens with zero attached hydrogens (tertiary/aromatic N) is 5. The Hall–Kier alpha value is -2.69. The number of hydrogen-bond donors (Lipinski definition) is 1. The number of aliphatic hydroxyl groups is 1. The zero-order valence-electron chi connectivity index (χ0n) is 15.5. The fraction of sp³-hybridized carbons (Fsp3) is 0.556. The normalized spacial score (nSPS) is 22.0. The molecule has 1 saturated heterocycles. The summed E-state index contributed by atoms with van der Waals surface area (Å²) in [6, 6.07) is 1.45. The van der Waals surface area contributed by atoms with Gasteiger partial charge in [-0.05, 0) is 30.9 Å². The lowest BCUT2D eigenvalue weighted by Crippen LogP contribution is -2.42. The minimum absolute atomic E-state index is 0.0344. The molecule has 2 aromatic rings. The standard InChI is InChI=1S/C18H20F3N5O3/c19-18(20,21)14-5-4-11(8-22-14)9-25-17(29)26-13(2-1-3-15(26)23-25)16(28)24-7-6-12(27)10-24/h4-5,8,12-13,27H,1-3,6-7,9-10H2/t12-,13-/m0/s1. The van der Waals surface area contributed by atoms with Crippen molar-refractivity contribution in [3.63, 3.8) is 0 Å². The third-order valence-electron chi connectivity index (χ3n) is 5.34. The van der Waals surface area contributed by atoms with Gasteiger partial charge in [0.25, 0.3) is 0 Å². The maximum atomic E-state index is 12.9. The van der Waals surface area contributed by atoms with Crippen LogP contribution in [0.1, 0.15) is 42.4 Å². The second kappa shape index (κ2) is 7.29. The third-order valence-corrected chi connectivity index (χ3v) is 5.34. The maximum absolute atomic E-state index is 12.9. The van der Waals surface area contributed by atoms with E-state index in [0.29, 0.717) is 43.6 Å². The Morgan fingerprint density at radius 3 is 2.69 bits per heavy atom.